The first kappa shape index (κ1) is 23.0. The summed E-state index contributed by atoms with van der Waals surface area (Å²) in [6.45, 7) is 16.4. The summed E-state index contributed by atoms with van der Waals surface area (Å²) in [4.78, 5) is 41.1. The van der Waals surface area contributed by atoms with Crippen LogP contribution in [0.15, 0.2) is 23.0 Å². The molecule has 1 N–H and O–H groups in total. The van der Waals surface area contributed by atoms with Crippen molar-refractivity contribution in [2.75, 3.05) is 0 Å². The first-order valence-electron chi connectivity index (χ1n) is 11.4. The Morgan fingerprint density at radius 3 is 2.23 bits per heavy atom. The van der Waals surface area contributed by atoms with Crippen LogP contribution in [-0.4, -0.2) is 22.5 Å². The lowest BCUT2D eigenvalue weighted by Gasteiger charge is -2.38. The molecule has 0 aromatic rings. The largest absolute Gasteiger partial charge is 0.510 e. The van der Waals surface area contributed by atoms with Crippen LogP contribution in [0.4, 0.5) is 0 Å². The SMILES string of the molecule is CC(C)=CCC12CC3C(CC(C(C)C)C3(C)C)(C(=O)C(C(=O)CC(C)C)=C1O)C2=O. The first-order valence-corrected chi connectivity index (χ1v) is 11.4. The predicted octanol–water partition coefficient (Wildman–Crippen LogP) is 5.62. The lowest BCUT2D eigenvalue weighted by molar-refractivity contribution is -0.144. The lowest BCUT2D eigenvalue weighted by Crippen LogP contribution is -2.50. The molecule has 0 aromatic heterocycles. The van der Waals surface area contributed by atoms with E-state index in [0.717, 1.165) is 5.57 Å². The fourth-order valence-electron chi connectivity index (χ4n) is 6.81. The van der Waals surface area contributed by atoms with Crippen molar-refractivity contribution in [2.24, 2.45) is 39.9 Å². The number of hydrogen-bond donors (Lipinski definition) is 1. The Balaban J connectivity index is 2.25. The summed E-state index contributed by atoms with van der Waals surface area (Å²) in [6, 6.07) is 0. The average molecular weight is 415 g/mol. The summed E-state index contributed by atoms with van der Waals surface area (Å²) in [5, 5.41) is 11.3. The maximum Gasteiger partial charge on any atom is 0.183 e. The van der Waals surface area contributed by atoms with Gasteiger partial charge in [-0.2, -0.15) is 0 Å². The second kappa shape index (κ2) is 7.17. The maximum absolute atomic E-state index is 14.0. The highest BCUT2D eigenvalue weighted by Crippen LogP contribution is 2.72. The molecule has 0 amide bonds. The van der Waals surface area contributed by atoms with E-state index < -0.39 is 16.6 Å². The third-order valence-electron chi connectivity index (χ3n) is 8.24. The Labute approximate surface area is 181 Å². The second-order valence-electron chi connectivity index (χ2n) is 11.6. The van der Waals surface area contributed by atoms with E-state index in [0.29, 0.717) is 25.2 Å². The molecule has 4 nitrogen and oxygen atoms in total. The van der Waals surface area contributed by atoms with E-state index in [2.05, 4.69) is 27.7 Å². The summed E-state index contributed by atoms with van der Waals surface area (Å²) in [5.74, 6) is -0.633. The first-order chi connectivity index (χ1) is 13.7. The maximum atomic E-state index is 14.0. The Bertz CT molecular complexity index is 852. The number of allylic oxidation sites excluding steroid dienone is 4. The van der Waals surface area contributed by atoms with Gasteiger partial charge < -0.3 is 5.11 Å². The predicted molar refractivity (Wildman–Crippen MR) is 118 cm³/mol. The smallest absolute Gasteiger partial charge is 0.183 e. The van der Waals surface area contributed by atoms with Crippen molar-refractivity contribution in [2.45, 2.75) is 81.1 Å². The third-order valence-corrected chi connectivity index (χ3v) is 8.24. The van der Waals surface area contributed by atoms with Gasteiger partial charge in [0.1, 0.15) is 11.3 Å². The van der Waals surface area contributed by atoms with Crippen LogP contribution in [-0.2, 0) is 14.4 Å². The van der Waals surface area contributed by atoms with Gasteiger partial charge in [-0.05, 0) is 62.2 Å². The van der Waals surface area contributed by atoms with Crippen LogP contribution in [0.25, 0.3) is 0 Å². The number of carbonyl (C=O) groups is 3. The van der Waals surface area contributed by atoms with Crippen LogP contribution in [0.1, 0.15) is 81.1 Å². The zero-order valence-corrected chi connectivity index (χ0v) is 19.9. The van der Waals surface area contributed by atoms with Crippen molar-refractivity contribution in [3.05, 3.63) is 23.0 Å². The minimum atomic E-state index is -1.16. The summed E-state index contributed by atoms with van der Waals surface area (Å²) < 4.78 is 0. The minimum absolute atomic E-state index is 0.0753. The number of hydrogen-bond acceptors (Lipinski definition) is 4. The molecule has 0 aliphatic heterocycles. The highest BCUT2D eigenvalue weighted by atomic mass is 16.3. The molecular weight excluding hydrogens is 376 g/mol. The number of carbonyl (C=O) groups excluding carboxylic acids is 3. The van der Waals surface area contributed by atoms with E-state index in [1.807, 2.05) is 33.8 Å². The van der Waals surface area contributed by atoms with Crippen LogP contribution in [0.5, 0.6) is 0 Å². The Kier molecular flexibility index (Phi) is 5.49. The molecule has 4 heteroatoms. The molecular formula is C26H38O4. The molecule has 3 aliphatic carbocycles. The van der Waals surface area contributed by atoms with Crippen molar-refractivity contribution in [3.8, 4) is 0 Å². The van der Waals surface area contributed by atoms with Crippen LogP contribution in [0.3, 0.4) is 0 Å². The lowest BCUT2D eigenvalue weighted by atomic mass is 9.63. The molecule has 166 valence electrons. The number of fused-ring (bicyclic) bond motifs is 1. The number of aliphatic hydroxyl groups excluding tert-OH is 1. The van der Waals surface area contributed by atoms with Crippen molar-refractivity contribution in [1.29, 1.82) is 0 Å². The third kappa shape index (κ3) is 2.89. The van der Waals surface area contributed by atoms with Crippen LogP contribution >= 0.6 is 0 Å². The molecule has 0 heterocycles. The highest BCUT2D eigenvalue weighted by molar-refractivity contribution is 6.32. The van der Waals surface area contributed by atoms with E-state index in [4.69, 9.17) is 0 Å². The Hall–Kier alpha value is -1.71. The summed E-state index contributed by atoms with van der Waals surface area (Å²) in [5.41, 5.74) is -1.54. The van der Waals surface area contributed by atoms with Gasteiger partial charge in [-0.1, -0.05) is 53.2 Å². The zero-order valence-electron chi connectivity index (χ0n) is 19.9. The fraction of sp³-hybridized carbons (Fsp3) is 0.731. The molecule has 2 fully saturated rings. The van der Waals surface area contributed by atoms with Crippen molar-refractivity contribution in [1.82, 2.24) is 0 Å². The summed E-state index contributed by atoms with van der Waals surface area (Å²) >= 11 is 0. The molecule has 3 rings (SSSR count). The number of aliphatic hydroxyl groups is 1. The molecule has 0 radical (unpaired) electrons. The quantitative estimate of drug-likeness (QED) is 0.348. The van der Waals surface area contributed by atoms with Crippen LogP contribution in [0.2, 0.25) is 0 Å². The molecule has 4 atom stereocenters. The molecule has 0 aromatic carbocycles. The van der Waals surface area contributed by atoms with Gasteiger partial charge in [0.25, 0.3) is 0 Å². The Morgan fingerprint density at radius 1 is 1.13 bits per heavy atom. The summed E-state index contributed by atoms with van der Waals surface area (Å²) in [6.07, 6.45) is 3.46. The van der Waals surface area contributed by atoms with Gasteiger partial charge in [-0.15, -0.1) is 0 Å². The average Bonchev–Trinajstić information content (AvgIpc) is 2.97. The van der Waals surface area contributed by atoms with Gasteiger partial charge in [-0.3, -0.25) is 14.4 Å². The number of ketones is 3. The van der Waals surface area contributed by atoms with Gasteiger partial charge in [0.05, 0.1) is 10.8 Å². The van der Waals surface area contributed by atoms with E-state index in [1.165, 1.54) is 0 Å². The standard InChI is InChI=1S/C26H38O4/c1-14(2)9-10-25-13-19-24(7,8)17(16(5)6)12-26(19,23(25)30)22(29)20(21(25)28)18(27)11-15(3)4/h9,15-17,19,28H,10-13H2,1-8H3. The summed E-state index contributed by atoms with van der Waals surface area (Å²) in [7, 11) is 0. The van der Waals surface area contributed by atoms with Crippen molar-refractivity contribution in [3.63, 3.8) is 0 Å². The molecule has 30 heavy (non-hydrogen) atoms. The fourth-order valence-corrected chi connectivity index (χ4v) is 6.81. The van der Waals surface area contributed by atoms with Gasteiger partial charge in [0.15, 0.2) is 17.3 Å². The van der Waals surface area contributed by atoms with E-state index in [-0.39, 0.29) is 52.5 Å². The van der Waals surface area contributed by atoms with E-state index >= 15 is 0 Å². The van der Waals surface area contributed by atoms with Crippen molar-refractivity contribution >= 4 is 17.3 Å². The van der Waals surface area contributed by atoms with Gasteiger partial charge in [0.2, 0.25) is 0 Å². The minimum Gasteiger partial charge on any atom is -0.510 e. The topological polar surface area (TPSA) is 71.4 Å². The normalized spacial score (nSPS) is 34.7. The van der Waals surface area contributed by atoms with Gasteiger partial charge >= 0.3 is 0 Å². The van der Waals surface area contributed by atoms with E-state index in [9.17, 15) is 19.5 Å². The molecule has 3 aliphatic rings. The highest BCUT2D eigenvalue weighted by Gasteiger charge is 2.77. The van der Waals surface area contributed by atoms with Crippen molar-refractivity contribution < 1.29 is 19.5 Å². The number of rotatable bonds is 6. The van der Waals surface area contributed by atoms with E-state index in [1.54, 1.807) is 0 Å². The second-order valence-corrected chi connectivity index (χ2v) is 11.6. The molecule has 1 spiro atoms. The van der Waals surface area contributed by atoms with Crippen LogP contribution < -0.4 is 0 Å². The Morgan fingerprint density at radius 2 is 1.73 bits per heavy atom. The van der Waals surface area contributed by atoms with Gasteiger partial charge in [0, 0.05) is 6.42 Å². The van der Waals surface area contributed by atoms with Crippen LogP contribution in [0, 0.1) is 39.9 Å². The molecule has 0 saturated heterocycles. The molecule has 2 bridgehead atoms. The number of Topliss-reactive ketones (excluding diaryl/α,β-unsaturated/α-hetero) is 3. The zero-order chi connectivity index (χ0) is 22.8. The molecule has 2 saturated carbocycles. The van der Waals surface area contributed by atoms with Gasteiger partial charge in [-0.25, -0.2) is 0 Å². The molecule has 4 unspecified atom stereocenters. The monoisotopic (exact) mass is 414 g/mol.